The average molecular weight is 492 g/mol. The smallest absolute Gasteiger partial charge is 0.246 e. The molecule has 1 aliphatic heterocycles. The van der Waals surface area contributed by atoms with Crippen LogP contribution in [0.3, 0.4) is 0 Å². The molecule has 1 saturated heterocycles. The molecular formula is C23H26ClN3O5S. The van der Waals surface area contributed by atoms with Crippen molar-refractivity contribution in [3.63, 3.8) is 0 Å². The molecule has 0 unspecified atom stereocenters. The van der Waals surface area contributed by atoms with E-state index in [9.17, 15) is 8.42 Å². The summed E-state index contributed by atoms with van der Waals surface area (Å²) in [5, 5.41) is 0.349. The monoisotopic (exact) mass is 491 g/mol. The molecule has 2 aromatic carbocycles. The maximum atomic E-state index is 13.2. The van der Waals surface area contributed by atoms with Crippen LogP contribution in [0.1, 0.15) is 11.5 Å². The highest BCUT2D eigenvalue weighted by Gasteiger charge is 2.31. The second kappa shape index (κ2) is 9.72. The second-order valence-electron chi connectivity index (χ2n) is 7.73. The SMILES string of the molecule is COc1ccc(-c2nc(CN3CCN(S(=O)(=O)c4cc(Cl)ccc4OC)CC3)c(C)o2)cc1. The van der Waals surface area contributed by atoms with Gasteiger partial charge in [-0.1, -0.05) is 11.6 Å². The van der Waals surface area contributed by atoms with Crippen LogP contribution >= 0.6 is 11.6 Å². The number of hydrogen-bond acceptors (Lipinski definition) is 7. The Bertz CT molecular complexity index is 1220. The van der Waals surface area contributed by atoms with E-state index in [0.717, 1.165) is 22.8 Å². The molecule has 0 bridgehead atoms. The van der Waals surface area contributed by atoms with Crippen LogP contribution in [-0.4, -0.2) is 63.0 Å². The van der Waals surface area contributed by atoms with Crippen molar-refractivity contribution >= 4 is 21.6 Å². The summed E-state index contributed by atoms with van der Waals surface area (Å²) in [6.45, 7) is 4.35. The first-order valence-corrected chi connectivity index (χ1v) is 12.3. The van der Waals surface area contributed by atoms with E-state index in [-0.39, 0.29) is 10.6 Å². The van der Waals surface area contributed by atoms with E-state index in [1.807, 2.05) is 31.2 Å². The third-order valence-corrected chi connectivity index (χ3v) is 7.83. The molecule has 0 N–H and O–H groups in total. The molecule has 10 heteroatoms. The highest BCUT2D eigenvalue weighted by Crippen LogP contribution is 2.30. The highest BCUT2D eigenvalue weighted by molar-refractivity contribution is 7.89. The number of methoxy groups -OCH3 is 2. The Morgan fingerprint density at radius 3 is 2.36 bits per heavy atom. The van der Waals surface area contributed by atoms with Gasteiger partial charge in [-0.25, -0.2) is 13.4 Å². The summed E-state index contributed by atoms with van der Waals surface area (Å²) in [6, 6.07) is 12.1. The summed E-state index contributed by atoms with van der Waals surface area (Å²) in [5.41, 5.74) is 1.71. The fourth-order valence-electron chi connectivity index (χ4n) is 3.76. The van der Waals surface area contributed by atoms with Crippen LogP contribution in [0.25, 0.3) is 11.5 Å². The van der Waals surface area contributed by atoms with Crippen molar-refractivity contribution in [2.45, 2.75) is 18.4 Å². The predicted octanol–water partition coefficient (Wildman–Crippen LogP) is 3.83. The Kier molecular flexibility index (Phi) is 6.94. The van der Waals surface area contributed by atoms with E-state index in [1.165, 1.54) is 17.5 Å². The van der Waals surface area contributed by atoms with Gasteiger partial charge in [-0.2, -0.15) is 4.31 Å². The molecule has 33 heavy (non-hydrogen) atoms. The molecule has 3 aromatic rings. The molecule has 8 nitrogen and oxygen atoms in total. The van der Waals surface area contributed by atoms with E-state index >= 15 is 0 Å². The molecule has 176 valence electrons. The van der Waals surface area contributed by atoms with Crippen LogP contribution in [0.4, 0.5) is 0 Å². The molecule has 0 atom stereocenters. The van der Waals surface area contributed by atoms with Gasteiger partial charge in [0.1, 0.15) is 22.2 Å². The van der Waals surface area contributed by atoms with Crippen LogP contribution in [-0.2, 0) is 16.6 Å². The lowest BCUT2D eigenvalue weighted by atomic mass is 10.2. The van der Waals surface area contributed by atoms with Crippen molar-refractivity contribution < 1.29 is 22.3 Å². The topological polar surface area (TPSA) is 85.1 Å². The van der Waals surface area contributed by atoms with Gasteiger partial charge in [0, 0.05) is 43.3 Å². The number of benzene rings is 2. The minimum absolute atomic E-state index is 0.0856. The van der Waals surface area contributed by atoms with Gasteiger partial charge in [-0.05, 0) is 49.4 Å². The van der Waals surface area contributed by atoms with Gasteiger partial charge in [0.2, 0.25) is 15.9 Å². The fraction of sp³-hybridized carbons (Fsp3) is 0.348. The molecule has 2 heterocycles. The lowest BCUT2D eigenvalue weighted by molar-refractivity contribution is 0.179. The number of ether oxygens (including phenoxy) is 2. The lowest BCUT2D eigenvalue weighted by Gasteiger charge is -2.33. The van der Waals surface area contributed by atoms with Crippen LogP contribution in [0.15, 0.2) is 51.8 Å². The zero-order chi connectivity index (χ0) is 23.6. The summed E-state index contributed by atoms with van der Waals surface area (Å²) in [4.78, 5) is 6.92. The van der Waals surface area contributed by atoms with E-state index < -0.39 is 10.0 Å². The lowest BCUT2D eigenvalue weighted by Crippen LogP contribution is -2.48. The zero-order valence-electron chi connectivity index (χ0n) is 18.7. The Morgan fingerprint density at radius 2 is 1.73 bits per heavy atom. The zero-order valence-corrected chi connectivity index (χ0v) is 20.3. The molecule has 1 aromatic heterocycles. The number of aryl methyl sites for hydroxylation is 1. The molecule has 0 saturated carbocycles. The number of oxazole rings is 1. The van der Waals surface area contributed by atoms with Gasteiger partial charge < -0.3 is 13.9 Å². The molecule has 1 fully saturated rings. The summed E-state index contributed by atoms with van der Waals surface area (Å²) in [6.07, 6.45) is 0. The quantitative estimate of drug-likeness (QED) is 0.496. The third kappa shape index (κ3) is 5.01. The number of piperazine rings is 1. The number of halogens is 1. The van der Waals surface area contributed by atoms with E-state index in [2.05, 4.69) is 9.88 Å². The van der Waals surface area contributed by atoms with E-state index in [1.54, 1.807) is 19.2 Å². The number of nitrogens with zero attached hydrogens (tertiary/aromatic N) is 3. The summed E-state index contributed by atoms with van der Waals surface area (Å²) in [7, 11) is -0.648. The van der Waals surface area contributed by atoms with Crippen LogP contribution in [0, 0.1) is 6.92 Å². The van der Waals surface area contributed by atoms with Crippen molar-refractivity contribution in [2.24, 2.45) is 0 Å². The maximum absolute atomic E-state index is 13.2. The van der Waals surface area contributed by atoms with Gasteiger partial charge in [-0.3, -0.25) is 4.90 Å². The minimum atomic E-state index is -3.72. The summed E-state index contributed by atoms with van der Waals surface area (Å²) < 4.78 is 44.1. The molecule has 1 aliphatic rings. The largest absolute Gasteiger partial charge is 0.497 e. The Hall–Kier alpha value is -2.59. The number of hydrogen-bond donors (Lipinski definition) is 0. The highest BCUT2D eigenvalue weighted by atomic mass is 35.5. The number of rotatable bonds is 7. The van der Waals surface area contributed by atoms with Crippen molar-refractivity contribution in [2.75, 3.05) is 40.4 Å². The second-order valence-corrected chi connectivity index (χ2v) is 10.1. The number of aromatic nitrogens is 1. The van der Waals surface area contributed by atoms with Gasteiger partial charge in [-0.15, -0.1) is 0 Å². The molecular weight excluding hydrogens is 466 g/mol. The van der Waals surface area contributed by atoms with Crippen LogP contribution in [0.5, 0.6) is 11.5 Å². The van der Waals surface area contributed by atoms with Crippen molar-refractivity contribution in [3.8, 4) is 23.0 Å². The first-order valence-electron chi connectivity index (χ1n) is 10.5. The predicted molar refractivity (Wildman–Crippen MR) is 125 cm³/mol. The average Bonchev–Trinajstić information content (AvgIpc) is 3.19. The molecule has 0 radical (unpaired) electrons. The van der Waals surface area contributed by atoms with Gasteiger partial charge in [0.15, 0.2) is 0 Å². The molecule has 0 spiro atoms. The molecule has 0 aliphatic carbocycles. The van der Waals surface area contributed by atoms with Gasteiger partial charge in [0.25, 0.3) is 0 Å². The molecule has 4 rings (SSSR count). The first-order chi connectivity index (χ1) is 15.8. The standard InChI is InChI=1S/C23H26ClN3O5S/c1-16-20(25-23(32-16)17-4-7-19(30-2)8-5-17)15-26-10-12-27(13-11-26)33(28,29)22-14-18(24)6-9-21(22)31-3/h4-9,14H,10-13,15H2,1-3H3. The summed E-state index contributed by atoms with van der Waals surface area (Å²) in [5.74, 6) is 2.36. The van der Waals surface area contributed by atoms with E-state index in [0.29, 0.717) is 43.6 Å². The maximum Gasteiger partial charge on any atom is 0.246 e. The summed E-state index contributed by atoms with van der Waals surface area (Å²) >= 11 is 6.04. The third-order valence-electron chi connectivity index (χ3n) is 5.68. The number of sulfonamides is 1. The normalized spacial score (nSPS) is 15.5. The van der Waals surface area contributed by atoms with Crippen molar-refractivity contribution in [1.82, 2.24) is 14.2 Å². The molecule has 0 amide bonds. The fourth-order valence-corrected chi connectivity index (χ4v) is 5.60. The van der Waals surface area contributed by atoms with E-state index in [4.69, 9.17) is 25.5 Å². The van der Waals surface area contributed by atoms with Gasteiger partial charge in [0.05, 0.1) is 19.9 Å². The Labute approximate surface area is 198 Å². The van der Waals surface area contributed by atoms with Gasteiger partial charge >= 0.3 is 0 Å². The van der Waals surface area contributed by atoms with Crippen LogP contribution in [0.2, 0.25) is 5.02 Å². The van der Waals surface area contributed by atoms with Crippen molar-refractivity contribution in [1.29, 1.82) is 0 Å². The Morgan fingerprint density at radius 1 is 1.03 bits per heavy atom. The van der Waals surface area contributed by atoms with Crippen molar-refractivity contribution in [3.05, 3.63) is 58.9 Å². The van der Waals surface area contributed by atoms with Crippen LogP contribution < -0.4 is 9.47 Å². The minimum Gasteiger partial charge on any atom is -0.497 e. The Balaban J connectivity index is 1.43. The first kappa shape index (κ1) is 23.6.